The summed E-state index contributed by atoms with van der Waals surface area (Å²) in [6.07, 6.45) is 1.38. The van der Waals surface area contributed by atoms with Gasteiger partial charge < -0.3 is 9.84 Å². The molecule has 0 aliphatic heterocycles. The van der Waals surface area contributed by atoms with Crippen LogP contribution in [0.25, 0.3) is 21.6 Å². The molecular weight excluding hydrogens is 379 g/mol. The molecule has 0 bridgehead atoms. The van der Waals surface area contributed by atoms with Crippen LogP contribution in [0.1, 0.15) is 24.3 Å². The molecule has 4 aromatic rings. The number of aromatic nitrogens is 3. The van der Waals surface area contributed by atoms with Crippen LogP contribution in [0.15, 0.2) is 47.0 Å². The number of benzene rings is 2. The van der Waals surface area contributed by atoms with Crippen LogP contribution in [0.3, 0.4) is 0 Å². The Morgan fingerprint density at radius 3 is 2.82 bits per heavy atom. The van der Waals surface area contributed by atoms with E-state index in [2.05, 4.69) is 26.5 Å². The molecule has 0 aliphatic carbocycles. The quantitative estimate of drug-likeness (QED) is 0.508. The minimum absolute atomic E-state index is 0.103. The molecule has 1 amide bonds. The van der Waals surface area contributed by atoms with Gasteiger partial charge in [0.25, 0.3) is 0 Å². The molecule has 4 rings (SSSR count). The van der Waals surface area contributed by atoms with Gasteiger partial charge in [0.05, 0.1) is 10.2 Å². The van der Waals surface area contributed by atoms with Crippen LogP contribution in [0, 0.1) is 12.7 Å². The van der Waals surface area contributed by atoms with Crippen LogP contribution in [0.5, 0.6) is 0 Å². The minimum atomic E-state index is -0.318. The Balaban J connectivity index is 1.29. The van der Waals surface area contributed by atoms with Crippen molar-refractivity contribution in [1.82, 2.24) is 15.1 Å². The molecule has 142 valence electrons. The van der Waals surface area contributed by atoms with Gasteiger partial charge in [0, 0.05) is 18.4 Å². The molecule has 1 N–H and O–H groups in total. The van der Waals surface area contributed by atoms with Crippen LogP contribution < -0.4 is 5.32 Å². The number of anilines is 1. The molecule has 0 spiro atoms. The van der Waals surface area contributed by atoms with Crippen molar-refractivity contribution in [2.24, 2.45) is 0 Å². The Hall–Kier alpha value is -3.13. The lowest BCUT2D eigenvalue weighted by Crippen LogP contribution is -2.11. The summed E-state index contributed by atoms with van der Waals surface area (Å²) in [6, 6.07) is 11.9. The van der Waals surface area contributed by atoms with Crippen molar-refractivity contribution in [2.75, 3.05) is 5.32 Å². The van der Waals surface area contributed by atoms with Gasteiger partial charge in [-0.05, 0) is 55.3 Å². The zero-order chi connectivity index (χ0) is 19.5. The van der Waals surface area contributed by atoms with Crippen molar-refractivity contribution in [2.45, 2.75) is 26.2 Å². The number of nitrogens with one attached hydrogen (secondary N) is 1. The molecule has 2 aromatic heterocycles. The summed E-state index contributed by atoms with van der Waals surface area (Å²) < 4.78 is 19.2. The Morgan fingerprint density at radius 2 is 2.00 bits per heavy atom. The van der Waals surface area contributed by atoms with Gasteiger partial charge in [-0.3, -0.25) is 4.79 Å². The Kier molecular flexibility index (Phi) is 5.12. The maximum atomic E-state index is 13.0. The van der Waals surface area contributed by atoms with Crippen LogP contribution in [0.4, 0.5) is 9.52 Å². The van der Waals surface area contributed by atoms with Gasteiger partial charge in [-0.15, -0.1) is 0 Å². The van der Waals surface area contributed by atoms with Crippen molar-refractivity contribution in [3.63, 3.8) is 0 Å². The van der Waals surface area contributed by atoms with Crippen molar-refractivity contribution in [3.05, 3.63) is 59.7 Å². The maximum Gasteiger partial charge on any atom is 0.226 e. The van der Waals surface area contributed by atoms with E-state index >= 15 is 0 Å². The minimum Gasteiger partial charge on any atom is -0.339 e. The number of hydrogen-bond donors (Lipinski definition) is 1. The van der Waals surface area contributed by atoms with E-state index in [1.54, 1.807) is 12.1 Å². The maximum absolute atomic E-state index is 13.0. The zero-order valence-corrected chi connectivity index (χ0v) is 15.9. The van der Waals surface area contributed by atoms with Crippen LogP contribution in [0.2, 0.25) is 0 Å². The molecule has 0 radical (unpaired) electrons. The van der Waals surface area contributed by atoms with E-state index < -0.39 is 0 Å². The third-order valence-corrected chi connectivity index (χ3v) is 5.09. The van der Waals surface area contributed by atoms with Crippen molar-refractivity contribution in [3.8, 4) is 11.4 Å². The molecule has 0 fully saturated rings. The smallest absolute Gasteiger partial charge is 0.226 e. The average Bonchev–Trinajstić information content (AvgIpc) is 3.28. The number of halogens is 1. The number of nitrogens with zero attached hydrogens (tertiary/aromatic N) is 3. The summed E-state index contributed by atoms with van der Waals surface area (Å²) in [7, 11) is 0. The molecular formula is C20H17FN4O2S. The highest BCUT2D eigenvalue weighted by atomic mass is 32.1. The lowest BCUT2D eigenvalue weighted by Gasteiger charge is -1.99. The van der Waals surface area contributed by atoms with Crippen LogP contribution in [-0.4, -0.2) is 21.0 Å². The molecule has 0 aliphatic rings. The number of fused-ring (bicyclic) bond motifs is 1. The lowest BCUT2D eigenvalue weighted by atomic mass is 10.2. The summed E-state index contributed by atoms with van der Waals surface area (Å²) in [4.78, 5) is 20.9. The molecule has 2 heterocycles. The number of amides is 1. The Labute approximate surface area is 164 Å². The van der Waals surface area contributed by atoms with Gasteiger partial charge >= 0.3 is 0 Å². The van der Waals surface area contributed by atoms with Crippen LogP contribution in [-0.2, 0) is 11.2 Å². The van der Waals surface area contributed by atoms with Crippen molar-refractivity contribution in [1.29, 1.82) is 0 Å². The third-order valence-electron chi connectivity index (χ3n) is 4.16. The standard InChI is InChI=1S/C20H17FN4O2S/c1-12-5-10-15-16(11-12)28-20(22-15)23-17(26)3-2-4-18-24-19(25-27-18)13-6-8-14(21)9-7-13/h5-11H,2-4H2,1H3,(H,22,23,26). The first kappa shape index (κ1) is 18.2. The summed E-state index contributed by atoms with van der Waals surface area (Å²) in [5, 5.41) is 7.33. The molecule has 0 atom stereocenters. The SMILES string of the molecule is Cc1ccc2nc(NC(=O)CCCc3nc(-c4ccc(F)cc4)no3)sc2c1. The van der Waals surface area contributed by atoms with Gasteiger partial charge in [0.2, 0.25) is 17.6 Å². The Morgan fingerprint density at radius 1 is 1.18 bits per heavy atom. The predicted molar refractivity (Wildman–Crippen MR) is 106 cm³/mol. The first-order chi connectivity index (χ1) is 13.6. The van der Waals surface area contributed by atoms with E-state index in [-0.39, 0.29) is 11.7 Å². The fraction of sp³-hybridized carbons (Fsp3) is 0.200. The molecule has 0 saturated heterocycles. The summed E-state index contributed by atoms with van der Waals surface area (Å²) in [5.74, 6) is 0.433. The second-order valence-electron chi connectivity index (χ2n) is 6.41. The highest BCUT2D eigenvalue weighted by Gasteiger charge is 2.11. The van der Waals surface area contributed by atoms with E-state index in [1.165, 1.54) is 23.5 Å². The summed E-state index contributed by atoms with van der Waals surface area (Å²) in [5.41, 5.74) is 2.72. The fourth-order valence-electron chi connectivity index (χ4n) is 2.74. The van der Waals surface area contributed by atoms with E-state index in [0.717, 1.165) is 15.8 Å². The summed E-state index contributed by atoms with van der Waals surface area (Å²) in [6.45, 7) is 2.02. The average molecular weight is 396 g/mol. The van der Waals surface area contributed by atoms with Gasteiger partial charge in [-0.2, -0.15) is 4.98 Å². The highest BCUT2D eigenvalue weighted by Crippen LogP contribution is 2.26. The van der Waals surface area contributed by atoms with Gasteiger partial charge in [0.15, 0.2) is 5.13 Å². The first-order valence-electron chi connectivity index (χ1n) is 8.82. The van der Waals surface area contributed by atoms with E-state index in [0.29, 0.717) is 41.7 Å². The number of thiazole rings is 1. The normalized spacial score (nSPS) is 11.1. The largest absolute Gasteiger partial charge is 0.339 e. The summed E-state index contributed by atoms with van der Waals surface area (Å²) >= 11 is 1.46. The topological polar surface area (TPSA) is 80.9 Å². The predicted octanol–water partition coefficient (Wildman–Crippen LogP) is 4.76. The second kappa shape index (κ2) is 7.85. The van der Waals surface area contributed by atoms with Gasteiger partial charge in [-0.1, -0.05) is 22.6 Å². The lowest BCUT2D eigenvalue weighted by molar-refractivity contribution is -0.116. The molecule has 28 heavy (non-hydrogen) atoms. The molecule has 6 nitrogen and oxygen atoms in total. The number of rotatable bonds is 6. The number of hydrogen-bond acceptors (Lipinski definition) is 6. The highest BCUT2D eigenvalue weighted by molar-refractivity contribution is 7.22. The van der Waals surface area contributed by atoms with Crippen molar-refractivity contribution >= 4 is 32.6 Å². The third kappa shape index (κ3) is 4.23. The van der Waals surface area contributed by atoms with Crippen molar-refractivity contribution < 1.29 is 13.7 Å². The van der Waals surface area contributed by atoms with E-state index in [4.69, 9.17) is 4.52 Å². The monoisotopic (exact) mass is 396 g/mol. The molecule has 0 unspecified atom stereocenters. The fourth-order valence-corrected chi connectivity index (χ4v) is 3.72. The van der Waals surface area contributed by atoms with E-state index in [1.807, 2.05) is 19.1 Å². The number of carbonyl (C=O) groups excluding carboxylic acids is 1. The molecule has 2 aromatic carbocycles. The van der Waals surface area contributed by atoms with Gasteiger partial charge in [0.1, 0.15) is 5.82 Å². The van der Waals surface area contributed by atoms with E-state index in [9.17, 15) is 9.18 Å². The molecule has 8 heteroatoms. The first-order valence-corrected chi connectivity index (χ1v) is 9.64. The number of aryl methyl sites for hydroxylation is 2. The van der Waals surface area contributed by atoms with Crippen LogP contribution >= 0.6 is 11.3 Å². The van der Waals surface area contributed by atoms with Gasteiger partial charge in [-0.25, -0.2) is 9.37 Å². The number of carbonyl (C=O) groups is 1. The zero-order valence-electron chi connectivity index (χ0n) is 15.1. The Bertz CT molecular complexity index is 1120. The second-order valence-corrected chi connectivity index (χ2v) is 7.44. The molecule has 0 saturated carbocycles.